The first kappa shape index (κ1) is 39.5. The van der Waals surface area contributed by atoms with Crippen LogP contribution in [0.1, 0.15) is 43.2 Å². The van der Waals surface area contributed by atoms with Gasteiger partial charge in [-0.05, 0) is 44.6 Å². The number of hydrogen-bond acceptors (Lipinski definition) is 10. The minimum absolute atomic E-state index is 0.000687. The van der Waals surface area contributed by atoms with E-state index in [4.69, 9.17) is 5.73 Å². The van der Waals surface area contributed by atoms with Gasteiger partial charge in [0.15, 0.2) is 0 Å². The number of carboxylic acids is 3. The monoisotopic (exact) mass is 663 g/mol. The molecule has 1 aromatic carbocycles. The highest BCUT2D eigenvalue weighted by Crippen LogP contribution is 2.07. The van der Waals surface area contributed by atoms with E-state index in [1.165, 1.54) is 11.1 Å². The molecule has 15 nitrogen and oxygen atoms in total. The van der Waals surface area contributed by atoms with Gasteiger partial charge >= 0.3 is 17.9 Å². The molecule has 1 saturated heterocycles. The zero-order chi connectivity index (χ0) is 34.6. The zero-order valence-corrected chi connectivity index (χ0v) is 27.6. The summed E-state index contributed by atoms with van der Waals surface area (Å²) >= 11 is 0. The largest absolute Gasteiger partial charge is 0.480 e. The van der Waals surface area contributed by atoms with Crippen molar-refractivity contribution in [2.75, 3.05) is 85.1 Å². The SMILES string of the molecule is Cc1ccc(CCCC(=O)NCCCC[C@@H](N)NC(=O)CN2CCN(CC(=O)O)CCN(CC(=O)O)CCN(CC(=O)O)CC2)cc1. The third kappa shape index (κ3) is 18.9. The van der Waals surface area contributed by atoms with Crippen LogP contribution in [0.4, 0.5) is 0 Å². The highest BCUT2D eigenvalue weighted by Gasteiger charge is 2.21. The fourth-order valence-electron chi connectivity index (χ4n) is 5.33. The molecule has 1 atom stereocenters. The molecule has 2 amide bonds. The van der Waals surface area contributed by atoms with E-state index in [-0.39, 0.29) is 38.0 Å². The van der Waals surface area contributed by atoms with Gasteiger partial charge in [-0.2, -0.15) is 0 Å². The Morgan fingerprint density at radius 1 is 0.681 bits per heavy atom. The van der Waals surface area contributed by atoms with Gasteiger partial charge in [-0.25, -0.2) is 0 Å². The van der Waals surface area contributed by atoms with Crippen molar-refractivity contribution < 1.29 is 39.3 Å². The van der Waals surface area contributed by atoms with E-state index in [2.05, 4.69) is 34.9 Å². The van der Waals surface area contributed by atoms with Gasteiger partial charge in [-0.3, -0.25) is 43.6 Å². The van der Waals surface area contributed by atoms with Gasteiger partial charge in [0.25, 0.3) is 0 Å². The minimum Gasteiger partial charge on any atom is -0.480 e. The third-order valence-corrected chi connectivity index (χ3v) is 7.97. The number of benzene rings is 1. The Morgan fingerprint density at radius 2 is 1.13 bits per heavy atom. The summed E-state index contributed by atoms with van der Waals surface area (Å²) < 4.78 is 0. The molecular weight excluding hydrogens is 610 g/mol. The molecule has 0 unspecified atom stereocenters. The number of unbranched alkanes of at least 4 members (excludes halogenated alkanes) is 1. The third-order valence-electron chi connectivity index (χ3n) is 7.97. The highest BCUT2D eigenvalue weighted by atomic mass is 16.4. The molecule has 2 rings (SSSR count). The maximum absolute atomic E-state index is 12.9. The summed E-state index contributed by atoms with van der Waals surface area (Å²) in [6.45, 7) is 4.42. The molecular formula is C32H53N7O8. The molecule has 15 heteroatoms. The van der Waals surface area contributed by atoms with Gasteiger partial charge in [0.05, 0.1) is 32.3 Å². The van der Waals surface area contributed by atoms with Crippen LogP contribution in [0, 0.1) is 6.92 Å². The second kappa shape index (κ2) is 22.0. The summed E-state index contributed by atoms with van der Waals surface area (Å²) in [6, 6.07) is 8.30. The van der Waals surface area contributed by atoms with Gasteiger partial charge < -0.3 is 31.7 Å². The number of hydrogen-bond donors (Lipinski definition) is 6. The average molecular weight is 664 g/mol. The van der Waals surface area contributed by atoms with Gasteiger partial charge in [-0.15, -0.1) is 0 Å². The highest BCUT2D eigenvalue weighted by molar-refractivity contribution is 5.78. The van der Waals surface area contributed by atoms with Crippen LogP contribution in [0.3, 0.4) is 0 Å². The van der Waals surface area contributed by atoms with Crippen LogP contribution in [0.5, 0.6) is 0 Å². The number of carbonyl (C=O) groups is 5. The number of aryl methyl sites for hydroxylation is 2. The first-order chi connectivity index (χ1) is 22.4. The topological polar surface area (TPSA) is 209 Å². The quantitative estimate of drug-likeness (QED) is 0.0864. The van der Waals surface area contributed by atoms with Crippen LogP contribution >= 0.6 is 0 Å². The van der Waals surface area contributed by atoms with Crippen molar-refractivity contribution in [3.8, 4) is 0 Å². The normalized spacial score (nSPS) is 16.8. The first-order valence-corrected chi connectivity index (χ1v) is 16.3. The summed E-state index contributed by atoms with van der Waals surface area (Å²) in [7, 11) is 0. The van der Waals surface area contributed by atoms with Crippen molar-refractivity contribution in [2.24, 2.45) is 5.73 Å². The molecule has 0 spiro atoms. The summed E-state index contributed by atoms with van der Waals surface area (Å²) in [5.74, 6) is -3.32. The molecule has 264 valence electrons. The lowest BCUT2D eigenvalue weighted by atomic mass is 10.1. The number of nitrogens with two attached hydrogens (primary N) is 1. The Morgan fingerprint density at radius 3 is 1.57 bits per heavy atom. The Balaban J connectivity index is 1.79. The van der Waals surface area contributed by atoms with Crippen molar-refractivity contribution >= 4 is 29.7 Å². The van der Waals surface area contributed by atoms with E-state index in [1.54, 1.807) is 14.7 Å². The fourth-order valence-corrected chi connectivity index (χ4v) is 5.33. The second-order valence-corrected chi connectivity index (χ2v) is 12.1. The number of carbonyl (C=O) groups excluding carboxylic acids is 2. The molecule has 1 aliphatic rings. The number of aliphatic carboxylic acids is 3. The Hall–Kier alpha value is -3.63. The van der Waals surface area contributed by atoms with Crippen LogP contribution < -0.4 is 16.4 Å². The van der Waals surface area contributed by atoms with Crippen molar-refractivity contribution in [3.63, 3.8) is 0 Å². The Labute approximate surface area is 277 Å². The molecule has 1 aliphatic heterocycles. The number of carboxylic acid groups (broad SMARTS) is 3. The number of amides is 2. The maximum Gasteiger partial charge on any atom is 0.317 e. The first-order valence-electron chi connectivity index (χ1n) is 16.3. The van der Waals surface area contributed by atoms with Gasteiger partial charge in [0.1, 0.15) is 0 Å². The number of rotatable bonds is 18. The lowest BCUT2D eigenvalue weighted by Crippen LogP contribution is -2.51. The van der Waals surface area contributed by atoms with Gasteiger partial charge in [0, 0.05) is 65.3 Å². The standard InChI is InChI=1S/C32H53N7O8/c1-25-8-10-26(11-9-25)5-4-7-28(40)34-12-3-2-6-27(33)35-29(41)21-36-13-15-37(22-30(42)43)17-19-39(24-32(46)47)20-18-38(16-14-36)23-31(44)45/h8-11,27H,2-7,12-24,33H2,1H3,(H,34,40)(H,35,41)(H,42,43)(H,44,45)(H,46,47)/t27-/m0/s1. The van der Waals surface area contributed by atoms with Crippen LogP contribution in [0.25, 0.3) is 0 Å². The molecule has 0 aliphatic carbocycles. The molecule has 47 heavy (non-hydrogen) atoms. The summed E-state index contributed by atoms with van der Waals surface area (Å²) in [5.41, 5.74) is 8.59. The van der Waals surface area contributed by atoms with Crippen molar-refractivity contribution in [1.82, 2.24) is 30.2 Å². The van der Waals surface area contributed by atoms with Crippen LogP contribution in [-0.2, 0) is 30.4 Å². The molecule has 7 N–H and O–H groups in total. The van der Waals surface area contributed by atoms with E-state index < -0.39 is 24.1 Å². The predicted molar refractivity (Wildman–Crippen MR) is 176 cm³/mol. The molecule has 0 bridgehead atoms. The van der Waals surface area contributed by atoms with E-state index in [0.29, 0.717) is 78.2 Å². The number of nitrogens with zero attached hydrogens (tertiary/aromatic N) is 4. The predicted octanol–water partition coefficient (Wildman–Crippen LogP) is -0.519. The Bertz CT molecular complexity index is 1100. The smallest absolute Gasteiger partial charge is 0.317 e. The molecule has 0 radical (unpaired) electrons. The summed E-state index contributed by atoms with van der Waals surface area (Å²) in [6.07, 6.45) is 3.49. The van der Waals surface area contributed by atoms with Crippen molar-refractivity contribution in [1.29, 1.82) is 0 Å². The van der Waals surface area contributed by atoms with E-state index >= 15 is 0 Å². The maximum atomic E-state index is 12.9. The van der Waals surface area contributed by atoms with Crippen LogP contribution in [0.2, 0.25) is 0 Å². The summed E-state index contributed by atoms with van der Waals surface area (Å²) in [5, 5.41) is 33.8. The molecule has 1 aromatic rings. The van der Waals surface area contributed by atoms with E-state index in [9.17, 15) is 39.3 Å². The summed E-state index contributed by atoms with van der Waals surface area (Å²) in [4.78, 5) is 66.2. The van der Waals surface area contributed by atoms with E-state index in [1.807, 2.05) is 11.8 Å². The minimum atomic E-state index is -1.02. The van der Waals surface area contributed by atoms with E-state index in [0.717, 1.165) is 19.3 Å². The Kier molecular flexibility index (Phi) is 18.5. The van der Waals surface area contributed by atoms with Crippen LogP contribution in [-0.4, -0.2) is 156 Å². The van der Waals surface area contributed by atoms with Crippen molar-refractivity contribution in [3.05, 3.63) is 35.4 Å². The zero-order valence-electron chi connectivity index (χ0n) is 27.6. The van der Waals surface area contributed by atoms with Gasteiger partial charge in [-0.1, -0.05) is 29.8 Å². The molecule has 1 fully saturated rings. The average Bonchev–Trinajstić information content (AvgIpc) is 2.98. The fraction of sp³-hybridized carbons (Fsp3) is 0.656. The van der Waals surface area contributed by atoms with Crippen molar-refractivity contribution in [2.45, 2.75) is 51.6 Å². The number of nitrogens with one attached hydrogen (secondary N) is 2. The molecule has 0 aromatic heterocycles. The van der Waals surface area contributed by atoms with Crippen LogP contribution in [0.15, 0.2) is 24.3 Å². The molecule has 0 saturated carbocycles. The lowest BCUT2D eigenvalue weighted by molar-refractivity contribution is -0.140. The lowest BCUT2D eigenvalue weighted by Gasteiger charge is -2.33. The second-order valence-electron chi connectivity index (χ2n) is 12.1. The molecule has 1 heterocycles. The van der Waals surface area contributed by atoms with Gasteiger partial charge in [0.2, 0.25) is 11.8 Å².